The van der Waals surface area contributed by atoms with E-state index in [2.05, 4.69) is 11.9 Å². The van der Waals surface area contributed by atoms with Crippen LogP contribution >= 0.6 is 0 Å². The number of hydrogen-bond donors (Lipinski definition) is 2. The van der Waals surface area contributed by atoms with E-state index in [9.17, 15) is 9.59 Å². The molecule has 2 N–H and O–H groups in total. The van der Waals surface area contributed by atoms with Gasteiger partial charge in [-0.3, -0.25) is 4.79 Å². The molecule has 96 valence electrons. The molecule has 1 aromatic rings. The zero-order valence-electron chi connectivity index (χ0n) is 9.89. The van der Waals surface area contributed by atoms with Gasteiger partial charge in [-0.1, -0.05) is 6.08 Å². The topological polar surface area (TPSA) is 75.6 Å². The van der Waals surface area contributed by atoms with Gasteiger partial charge in [-0.15, -0.1) is 6.58 Å². The van der Waals surface area contributed by atoms with E-state index in [1.807, 2.05) is 0 Å². The van der Waals surface area contributed by atoms with Crippen LogP contribution in [-0.2, 0) is 9.59 Å². The summed E-state index contributed by atoms with van der Waals surface area (Å²) in [5.74, 6) is -0.674. The van der Waals surface area contributed by atoms with Crippen LogP contribution in [0, 0.1) is 0 Å². The molecule has 0 aromatic heterocycles. The van der Waals surface area contributed by atoms with Crippen molar-refractivity contribution in [2.24, 2.45) is 0 Å². The van der Waals surface area contributed by atoms with Crippen LogP contribution in [0.1, 0.15) is 12.8 Å². The maximum absolute atomic E-state index is 11.4. The second-order valence-electron chi connectivity index (χ2n) is 3.58. The van der Waals surface area contributed by atoms with Gasteiger partial charge in [0.15, 0.2) is 6.61 Å². The highest BCUT2D eigenvalue weighted by atomic mass is 16.5. The monoisotopic (exact) mass is 249 g/mol. The molecule has 0 aliphatic heterocycles. The summed E-state index contributed by atoms with van der Waals surface area (Å²) in [5, 5.41) is 11.2. The molecule has 0 bridgehead atoms. The second-order valence-corrected chi connectivity index (χ2v) is 3.58. The molecule has 0 radical (unpaired) electrons. The number of hydrogen-bond acceptors (Lipinski definition) is 3. The molecule has 18 heavy (non-hydrogen) atoms. The van der Waals surface area contributed by atoms with Crippen molar-refractivity contribution < 1.29 is 19.4 Å². The molecule has 5 nitrogen and oxygen atoms in total. The minimum Gasteiger partial charge on any atom is -0.482 e. The lowest BCUT2D eigenvalue weighted by Crippen LogP contribution is -2.11. The molecule has 1 amide bonds. The van der Waals surface area contributed by atoms with E-state index in [1.165, 1.54) is 0 Å². The van der Waals surface area contributed by atoms with Crippen LogP contribution in [0.3, 0.4) is 0 Å². The normalized spacial score (nSPS) is 9.56. The molecule has 0 spiro atoms. The molecule has 0 unspecified atom stereocenters. The molecule has 1 aromatic carbocycles. The van der Waals surface area contributed by atoms with Gasteiger partial charge < -0.3 is 15.2 Å². The third-order valence-electron chi connectivity index (χ3n) is 2.08. The summed E-state index contributed by atoms with van der Waals surface area (Å²) in [5.41, 5.74) is 0.645. The van der Waals surface area contributed by atoms with Gasteiger partial charge >= 0.3 is 5.97 Å². The van der Waals surface area contributed by atoms with E-state index in [1.54, 1.807) is 30.3 Å². The molecule has 0 saturated carbocycles. The van der Waals surface area contributed by atoms with Gasteiger partial charge in [0.2, 0.25) is 5.91 Å². The molecule has 1 rings (SSSR count). The van der Waals surface area contributed by atoms with Crippen LogP contribution in [0.25, 0.3) is 0 Å². The SMILES string of the molecule is C=CCCC(=O)Nc1ccc(OCC(=O)O)cc1. The second kappa shape index (κ2) is 7.11. The fourth-order valence-corrected chi connectivity index (χ4v) is 1.24. The summed E-state index contributed by atoms with van der Waals surface area (Å²) in [4.78, 5) is 21.7. The summed E-state index contributed by atoms with van der Waals surface area (Å²) < 4.78 is 4.97. The lowest BCUT2D eigenvalue weighted by Gasteiger charge is -2.06. The number of nitrogens with one attached hydrogen (secondary N) is 1. The summed E-state index contributed by atoms with van der Waals surface area (Å²) in [7, 11) is 0. The lowest BCUT2D eigenvalue weighted by molar-refractivity contribution is -0.139. The van der Waals surface area contributed by atoms with Crippen LogP contribution in [0.4, 0.5) is 5.69 Å². The van der Waals surface area contributed by atoms with E-state index < -0.39 is 5.97 Å². The number of amides is 1. The number of carboxylic acids is 1. The molecule has 0 aliphatic rings. The number of carboxylic acid groups (broad SMARTS) is 1. The third-order valence-corrected chi connectivity index (χ3v) is 2.08. The number of anilines is 1. The smallest absolute Gasteiger partial charge is 0.341 e. The Morgan fingerprint density at radius 2 is 2.00 bits per heavy atom. The molecular weight excluding hydrogens is 234 g/mol. The average molecular weight is 249 g/mol. The van der Waals surface area contributed by atoms with Gasteiger partial charge in [-0.25, -0.2) is 4.79 Å². The van der Waals surface area contributed by atoms with E-state index in [-0.39, 0.29) is 12.5 Å². The van der Waals surface area contributed by atoms with E-state index in [0.717, 1.165) is 0 Å². The van der Waals surface area contributed by atoms with Crippen molar-refractivity contribution in [3.8, 4) is 5.75 Å². The first-order valence-corrected chi connectivity index (χ1v) is 5.47. The maximum Gasteiger partial charge on any atom is 0.341 e. The first kappa shape index (κ1) is 13.8. The van der Waals surface area contributed by atoms with Crippen molar-refractivity contribution in [2.75, 3.05) is 11.9 Å². The largest absolute Gasteiger partial charge is 0.482 e. The van der Waals surface area contributed by atoms with Gasteiger partial charge in [0.1, 0.15) is 5.75 Å². The summed E-state index contributed by atoms with van der Waals surface area (Å²) >= 11 is 0. The highest BCUT2D eigenvalue weighted by Crippen LogP contribution is 2.15. The van der Waals surface area contributed by atoms with Gasteiger partial charge in [-0.05, 0) is 30.7 Å². The van der Waals surface area contributed by atoms with Crippen LogP contribution in [0.2, 0.25) is 0 Å². The number of ether oxygens (including phenoxy) is 1. The fraction of sp³-hybridized carbons (Fsp3) is 0.231. The number of aliphatic carboxylic acids is 1. The molecule has 5 heteroatoms. The molecule has 0 fully saturated rings. The molecule has 0 atom stereocenters. The molecule has 0 heterocycles. The standard InChI is InChI=1S/C13H15NO4/c1-2-3-4-12(15)14-10-5-7-11(8-6-10)18-9-13(16)17/h2,5-8H,1,3-4,9H2,(H,14,15)(H,16,17). The predicted molar refractivity (Wildman–Crippen MR) is 67.6 cm³/mol. The Morgan fingerprint density at radius 3 is 2.56 bits per heavy atom. The minimum atomic E-state index is -1.03. The van der Waals surface area contributed by atoms with Crippen molar-refractivity contribution >= 4 is 17.6 Å². The van der Waals surface area contributed by atoms with Crippen LogP contribution in [0.5, 0.6) is 5.75 Å². The Kier molecular flexibility index (Phi) is 5.44. The van der Waals surface area contributed by atoms with Crippen molar-refractivity contribution in [1.82, 2.24) is 0 Å². The Balaban J connectivity index is 2.46. The van der Waals surface area contributed by atoms with Crippen molar-refractivity contribution in [3.63, 3.8) is 0 Å². The van der Waals surface area contributed by atoms with Crippen LogP contribution in [-0.4, -0.2) is 23.6 Å². The Hall–Kier alpha value is -2.30. The Morgan fingerprint density at radius 1 is 1.33 bits per heavy atom. The van der Waals surface area contributed by atoms with E-state index >= 15 is 0 Å². The van der Waals surface area contributed by atoms with E-state index in [0.29, 0.717) is 24.3 Å². The zero-order valence-corrected chi connectivity index (χ0v) is 9.89. The van der Waals surface area contributed by atoms with Crippen molar-refractivity contribution in [2.45, 2.75) is 12.8 Å². The van der Waals surface area contributed by atoms with E-state index in [4.69, 9.17) is 9.84 Å². The van der Waals surface area contributed by atoms with Gasteiger partial charge in [-0.2, -0.15) is 0 Å². The Labute approximate surface area is 105 Å². The number of carbonyl (C=O) groups is 2. The maximum atomic E-state index is 11.4. The van der Waals surface area contributed by atoms with Crippen LogP contribution < -0.4 is 10.1 Å². The number of carbonyl (C=O) groups excluding carboxylic acids is 1. The van der Waals surface area contributed by atoms with Crippen molar-refractivity contribution in [1.29, 1.82) is 0 Å². The minimum absolute atomic E-state index is 0.0888. The molecular formula is C13H15NO4. The van der Waals surface area contributed by atoms with Crippen molar-refractivity contribution in [3.05, 3.63) is 36.9 Å². The lowest BCUT2D eigenvalue weighted by atomic mass is 10.2. The number of benzene rings is 1. The van der Waals surface area contributed by atoms with Gasteiger partial charge in [0, 0.05) is 12.1 Å². The van der Waals surface area contributed by atoms with Crippen LogP contribution in [0.15, 0.2) is 36.9 Å². The quantitative estimate of drug-likeness (QED) is 0.725. The number of allylic oxidation sites excluding steroid dienone is 1. The summed E-state index contributed by atoms with van der Waals surface area (Å²) in [6, 6.07) is 6.52. The third kappa shape index (κ3) is 5.16. The molecule has 0 aliphatic carbocycles. The zero-order chi connectivity index (χ0) is 13.4. The number of rotatable bonds is 7. The van der Waals surface area contributed by atoms with Gasteiger partial charge in [0.25, 0.3) is 0 Å². The fourth-order valence-electron chi connectivity index (χ4n) is 1.24. The first-order valence-electron chi connectivity index (χ1n) is 5.47. The summed E-state index contributed by atoms with van der Waals surface area (Å²) in [6.45, 7) is 3.16. The first-order chi connectivity index (χ1) is 8.61. The highest BCUT2D eigenvalue weighted by Gasteiger charge is 2.02. The highest BCUT2D eigenvalue weighted by molar-refractivity contribution is 5.90. The summed E-state index contributed by atoms with van der Waals surface area (Å²) in [6.07, 6.45) is 2.70. The molecule has 0 saturated heterocycles. The average Bonchev–Trinajstić information content (AvgIpc) is 2.35. The predicted octanol–water partition coefficient (Wildman–Crippen LogP) is 2.05. The Bertz CT molecular complexity index is 425. The van der Waals surface area contributed by atoms with Gasteiger partial charge in [0.05, 0.1) is 0 Å².